The highest BCUT2D eigenvalue weighted by molar-refractivity contribution is 5.36. The molecule has 0 radical (unpaired) electrons. The number of anilines is 1. The molecule has 2 saturated carbocycles. The Labute approximate surface area is 150 Å². The highest BCUT2D eigenvalue weighted by atomic mass is 16.1. The van der Waals surface area contributed by atoms with Crippen LogP contribution in [0.1, 0.15) is 52.4 Å². The van der Waals surface area contributed by atoms with Crippen LogP contribution in [0.15, 0.2) is 17.2 Å². The molecule has 5 nitrogen and oxygen atoms in total. The average molecular weight is 345 g/mol. The van der Waals surface area contributed by atoms with Gasteiger partial charge in [-0.25, -0.2) is 4.98 Å². The van der Waals surface area contributed by atoms with Crippen LogP contribution in [0.2, 0.25) is 0 Å². The summed E-state index contributed by atoms with van der Waals surface area (Å²) in [4.78, 5) is 19.0. The van der Waals surface area contributed by atoms with E-state index in [-0.39, 0.29) is 5.56 Å². The summed E-state index contributed by atoms with van der Waals surface area (Å²) in [6.45, 7) is 6.74. The molecule has 1 aliphatic heterocycles. The maximum absolute atomic E-state index is 12.4. The Kier molecular flexibility index (Phi) is 4.38. The molecule has 0 aromatic carbocycles. The zero-order chi connectivity index (χ0) is 17.6. The smallest absolute Gasteiger partial charge is 0.293 e. The Morgan fingerprint density at radius 1 is 1.20 bits per heavy atom. The van der Waals surface area contributed by atoms with Gasteiger partial charge in [0.2, 0.25) is 0 Å². The Bertz CT molecular complexity index is 683. The van der Waals surface area contributed by atoms with Crippen LogP contribution in [0.4, 0.5) is 5.82 Å². The second-order valence-electron chi connectivity index (χ2n) is 8.97. The predicted octanol–water partition coefficient (Wildman–Crippen LogP) is 2.55. The molecule has 0 unspecified atom stereocenters. The lowest BCUT2D eigenvalue weighted by molar-refractivity contribution is -0.0922. The molecule has 2 heterocycles. The minimum atomic E-state index is 0.0134. The van der Waals surface area contributed by atoms with Crippen molar-refractivity contribution < 1.29 is 0 Å². The summed E-state index contributed by atoms with van der Waals surface area (Å²) in [6, 6.07) is 1.10. The summed E-state index contributed by atoms with van der Waals surface area (Å²) in [6.07, 6.45) is 11.4. The third-order valence-electron chi connectivity index (χ3n) is 7.14. The van der Waals surface area contributed by atoms with Crippen molar-refractivity contribution in [2.45, 2.75) is 64.5 Å². The van der Waals surface area contributed by atoms with Crippen LogP contribution in [-0.4, -0.2) is 34.7 Å². The van der Waals surface area contributed by atoms with Gasteiger partial charge in [-0.15, -0.1) is 0 Å². The van der Waals surface area contributed by atoms with E-state index in [1.807, 2.05) is 0 Å². The molecule has 0 spiro atoms. The normalized spacial score (nSPS) is 34.3. The van der Waals surface area contributed by atoms with E-state index >= 15 is 0 Å². The molecule has 25 heavy (non-hydrogen) atoms. The van der Waals surface area contributed by atoms with Gasteiger partial charge < -0.3 is 14.8 Å². The summed E-state index contributed by atoms with van der Waals surface area (Å²) < 4.78 is 1.63. The molecule has 1 aromatic heterocycles. The Balaban J connectivity index is 1.45. The van der Waals surface area contributed by atoms with Gasteiger partial charge in [0.1, 0.15) is 0 Å². The van der Waals surface area contributed by atoms with E-state index in [1.165, 1.54) is 32.1 Å². The van der Waals surface area contributed by atoms with Crippen molar-refractivity contribution in [3.8, 4) is 0 Å². The van der Waals surface area contributed by atoms with Crippen molar-refractivity contribution >= 4 is 5.82 Å². The second-order valence-corrected chi connectivity index (χ2v) is 8.97. The first-order valence-corrected chi connectivity index (χ1v) is 10.0. The predicted molar refractivity (Wildman–Crippen MR) is 101 cm³/mol. The number of piperidine rings is 1. The van der Waals surface area contributed by atoms with Gasteiger partial charge >= 0.3 is 0 Å². The fourth-order valence-corrected chi connectivity index (χ4v) is 5.75. The molecule has 2 aliphatic carbocycles. The molecule has 1 saturated heterocycles. The van der Waals surface area contributed by atoms with Crippen LogP contribution in [0.3, 0.4) is 0 Å². The van der Waals surface area contributed by atoms with Crippen molar-refractivity contribution in [3.63, 3.8) is 0 Å². The van der Waals surface area contributed by atoms with Crippen molar-refractivity contribution in [1.29, 1.82) is 0 Å². The number of aryl methyl sites for hydroxylation is 1. The maximum Gasteiger partial charge on any atom is 0.293 e. The van der Waals surface area contributed by atoms with Gasteiger partial charge in [0.05, 0.1) is 0 Å². The van der Waals surface area contributed by atoms with Gasteiger partial charge in [0, 0.05) is 44.6 Å². The standard InChI is InChI=1S/C20H32N4O/c1-20(2)16-9-5-4-8-15(16)17(20)22-14-7-6-11-24(13-14)18-19(25)23(3)12-10-21-18/h10,12,14-17,22H,4-9,11,13H2,1-3H3/t14-,15-,16+,17+/m1/s1. The molecule has 4 rings (SSSR count). The molecule has 0 amide bonds. The minimum Gasteiger partial charge on any atom is -0.350 e. The van der Waals surface area contributed by atoms with Crippen molar-refractivity contribution in [2.24, 2.45) is 24.3 Å². The fourth-order valence-electron chi connectivity index (χ4n) is 5.75. The number of aromatic nitrogens is 2. The van der Waals surface area contributed by atoms with Crippen molar-refractivity contribution in [3.05, 3.63) is 22.7 Å². The highest BCUT2D eigenvalue weighted by Crippen LogP contribution is 2.57. The molecule has 3 aliphatic rings. The summed E-state index contributed by atoms with van der Waals surface area (Å²) >= 11 is 0. The van der Waals surface area contributed by atoms with Crippen molar-refractivity contribution in [2.75, 3.05) is 18.0 Å². The quantitative estimate of drug-likeness (QED) is 0.915. The SMILES string of the molecule is Cn1ccnc(N2CCC[C@@H](N[C@H]3[C@@H]4CCCC[C@@H]4C3(C)C)C2)c1=O. The maximum atomic E-state index is 12.4. The number of nitrogens with zero attached hydrogens (tertiary/aromatic N) is 3. The number of hydrogen-bond donors (Lipinski definition) is 1. The van der Waals surface area contributed by atoms with E-state index in [0.29, 0.717) is 23.3 Å². The van der Waals surface area contributed by atoms with Gasteiger partial charge in [0.15, 0.2) is 5.82 Å². The molecule has 1 N–H and O–H groups in total. The van der Waals surface area contributed by atoms with Gasteiger partial charge in [-0.1, -0.05) is 26.7 Å². The van der Waals surface area contributed by atoms with Gasteiger partial charge in [0.25, 0.3) is 5.56 Å². The van der Waals surface area contributed by atoms with Crippen LogP contribution < -0.4 is 15.8 Å². The summed E-state index contributed by atoms with van der Waals surface area (Å²) in [5, 5.41) is 4.00. The lowest BCUT2D eigenvalue weighted by atomic mass is 9.47. The lowest BCUT2D eigenvalue weighted by Gasteiger charge is -2.62. The number of hydrogen-bond acceptors (Lipinski definition) is 4. The Morgan fingerprint density at radius 3 is 2.84 bits per heavy atom. The molecule has 138 valence electrons. The fraction of sp³-hybridized carbons (Fsp3) is 0.800. The zero-order valence-electron chi connectivity index (χ0n) is 15.9. The molecule has 1 aromatic rings. The van der Waals surface area contributed by atoms with E-state index in [1.54, 1.807) is 24.0 Å². The highest BCUT2D eigenvalue weighted by Gasteiger charge is 2.56. The van der Waals surface area contributed by atoms with Crippen molar-refractivity contribution in [1.82, 2.24) is 14.9 Å². The Morgan fingerprint density at radius 2 is 2.00 bits per heavy atom. The number of fused-ring (bicyclic) bond motifs is 1. The molecular weight excluding hydrogens is 312 g/mol. The molecule has 4 atom stereocenters. The molecular formula is C20H32N4O. The molecule has 3 fully saturated rings. The first-order valence-electron chi connectivity index (χ1n) is 10.0. The molecule has 5 heteroatoms. The van der Waals surface area contributed by atoms with Gasteiger partial charge in [-0.2, -0.15) is 0 Å². The summed E-state index contributed by atoms with van der Waals surface area (Å²) in [7, 11) is 1.80. The lowest BCUT2D eigenvalue weighted by Crippen LogP contribution is -2.67. The second kappa shape index (κ2) is 6.42. The third-order valence-corrected chi connectivity index (χ3v) is 7.14. The van der Waals surface area contributed by atoms with Crippen LogP contribution in [-0.2, 0) is 7.05 Å². The van der Waals surface area contributed by atoms with E-state index in [9.17, 15) is 4.79 Å². The number of nitrogens with one attached hydrogen (secondary N) is 1. The van der Waals surface area contributed by atoms with Gasteiger partial charge in [-0.3, -0.25) is 4.79 Å². The zero-order valence-corrected chi connectivity index (χ0v) is 15.9. The monoisotopic (exact) mass is 344 g/mol. The van der Waals surface area contributed by atoms with Crippen LogP contribution >= 0.6 is 0 Å². The first-order chi connectivity index (χ1) is 12.0. The van der Waals surface area contributed by atoms with E-state index in [0.717, 1.165) is 31.3 Å². The first kappa shape index (κ1) is 17.1. The summed E-state index contributed by atoms with van der Waals surface area (Å²) in [5.41, 5.74) is 0.425. The van der Waals surface area contributed by atoms with Crippen LogP contribution in [0.5, 0.6) is 0 Å². The average Bonchev–Trinajstić information content (AvgIpc) is 2.62. The van der Waals surface area contributed by atoms with E-state index in [2.05, 4.69) is 29.0 Å². The summed E-state index contributed by atoms with van der Waals surface area (Å²) in [5.74, 6) is 2.38. The topological polar surface area (TPSA) is 50.2 Å². The van der Waals surface area contributed by atoms with E-state index < -0.39 is 0 Å². The van der Waals surface area contributed by atoms with Crippen LogP contribution in [0.25, 0.3) is 0 Å². The van der Waals surface area contributed by atoms with E-state index in [4.69, 9.17) is 0 Å². The third kappa shape index (κ3) is 2.90. The number of rotatable bonds is 3. The molecule has 0 bridgehead atoms. The minimum absolute atomic E-state index is 0.0134. The Hall–Kier alpha value is -1.36. The largest absolute Gasteiger partial charge is 0.350 e. The van der Waals surface area contributed by atoms with Crippen LogP contribution in [0, 0.1) is 17.3 Å². The van der Waals surface area contributed by atoms with Gasteiger partial charge in [-0.05, 0) is 42.9 Å².